The summed E-state index contributed by atoms with van der Waals surface area (Å²) in [4.78, 5) is 26.5. The Hall–Kier alpha value is -4.27. The Labute approximate surface area is 238 Å². The summed E-state index contributed by atoms with van der Waals surface area (Å²) in [7, 11) is 0. The van der Waals surface area contributed by atoms with E-state index in [0.717, 1.165) is 16.7 Å². The number of amides is 2. The molecule has 0 atom stereocenters. The number of carbonyl (C=O) groups is 2. The SMILES string of the molecule is CC1(C)[C@H](Oc2ccc(C#N)c(Cl)c2)C(C)(C)[C@H]1N1Cc2cc(C#Cc3cnn(CCC(N)=O)c3)ccc2C1=O. The number of carbonyl (C=O) groups excluding carboxylic acids is 2. The molecule has 1 saturated carbocycles. The number of nitrogens with zero attached hydrogens (tertiary/aromatic N) is 4. The fourth-order valence-corrected chi connectivity index (χ4v) is 6.77. The molecule has 2 heterocycles. The van der Waals surface area contributed by atoms with Gasteiger partial charge >= 0.3 is 0 Å². The lowest BCUT2D eigenvalue weighted by Crippen LogP contribution is -2.74. The Balaban J connectivity index is 1.31. The molecular formula is C31H30ClN5O3. The molecule has 0 spiro atoms. The summed E-state index contributed by atoms with van der Waals surface area (Å²) < 4.78 is 8.05. The van der Waals surface area contributed by atoms with Crippen molar-refractivity contribution in [3.8, 4) is 23.7 Å². The minimum Gasteiger partial charge on any atom is -0.489 e. The van der Waals surface area contributed by atoms with Crippen molar-refractivity contribution in [3.05, 3.63) is 81.6 Å². The number of nitriles is 1. The molecule has 1 fully saturated rings. The second-order valence-electron chi connectivity index (χ2n) is 11.6. The number of nitrogens with two attached hydrogens (primary N) is 1. The van der Waals surface area contributed by atoms with Crippen LogP contribution >= 0.6 is 11.6 Å². The summed E-state index contributed by atoms with van der Waals surface area (Å²) in [6.45, 7) is 9.40. The third kappa shape index (κ3) is 4.80. The summed E-state index contributed by atoms with van der Waals surface area (Å²) in [6, 6.07) is 12.8. The predicted molar refractivity (Wildman–Crippen MR) is 150 cm³/mol. The van der Waals surface area contributed by atoms with Crippen LogP contribution < -0.4 is 10.5 Å². The Bertz CT molecular complexity index is 1610. The molecular weight excluding hydrogens is 526 g/mol. The Morgan fingerprint density at radius 3 is 2.55 bits per heavy atom. The molecule has 1 aromatic heterocycles. The van der Waals surface area contributed by atoms with Gasteiger partial charge in [-0.2, -0.15) is 10.4 Å². The van der Waals surface area contributed by atoms with Crippen molar-refractivity contribution in [1.29, 1.82) is 5.26 Å². The van der Waals surface area contributed by atoms with Crippen LogP contribution in [0.1, 0.15) is 66.7 Å². The van der Waals surface area contributed by atoms with Crippen LogP contribution in [0.5, 0.6) is 5.75 Å². The second-order valence-corrected chi connectivity index (χ2v) is 12.0. The predicted octanol–water partition coefficient (Wildman–Crippen LogP) is 4.52. The zero-order chi connectivity index (χ0) is 28.8. The number of fused-ring (bicyclic) bond motifs is 1. The number of halogens is 1. The molecule has 3 aromatic rings. The highest BCUT2D eigenvalue weighted by Crippen LogP contribution is 2.59. The van der Waals surface area contributed by atoms with Gasteiger partial charge in [-0.15, -0.1) is 0 Å². The highest BCUT2D eigenvalue weighted by atomic mass is 35.5. The van der Waals surface area contributed by atoms with E-state index in [1.165, 1.54) is 0 Å². The zero-order valence-electron chi connectivity index (χ0n) is 22.9. The van der Waals surface area contributed by atoms with Crippen LogP contribution in [-0.2, 0) is 17.9 Å². The third-order valence-electron chi connectivity index (χ3n) is 7.90. The number of rotatable bonds is 6. The lowest BCUT2D eigenvalue weighted by atomic mass is 9.49. The van der Waals surface area contributed by atoms with Crippen LogP contribution in [0.2, 0.25) is 5.02 Å². The second kappa shape index (κ2) is 10.0. The molecule has 0 unspecified atom stereocenters. The normalized spacial score (nSPS) is 20.1. The summed E-state index contributed by atoms with van der Waals surface area (Å²) in [6.07, 6.45) is 3.47. The molecule has 2 amide bonds. The van der Waals surface area contributed by atoms with Crippen LogP contribution in [0.15, 0.2) is 48.8 Å². The molecule has 0 radical (unpaired) electrons. The molecule has 2 aromatic carbocycles. The monoisotopic (exact) mass is 555 g/mol. The Morgan fingerprint density at radius 1 is 1.15 bits per heavy atom. The number of hydrogen-bond acceptors (Lipinski definition) is 5. The smallest absolute Gasteiger partial charge is 0.254 e. The first kappa shape index (κ1) is 27.3. The first-order valence-electron chi connectivity index (χ1n) is 13.0. The van der Waals surface area contributed by atoms with E-state index >= 15 is 0 Å². The molecule has 40 heavy (non-hydrogen) atoms. The Morgan fingerprint density at radius 2 is 1.88 bits per heavy atom. The van der Waals surface area contributed by atoms with E-state index in [0.29, 0.717) is 35.0 Å². The summed E-state index contributed by atoms with van der Waals surface area (Å²) >= 11 is 6.23. The molecule has 2 aliphatic rings. The van der Waals surface area contributed by atoms with Gasteiger partial charge in [0.2, 0.25) is 5.91 Å². The van der Waals surface area contributed by atoms with Crippen molar-refractivity contribution in [3.63, 3.8) is 0 Å². The Kier molecular flexibility index (Phi) is 6.85. The van der Waals surface area contributed by atoms with Gasteiger partial charge in [-0.3, -0.25) is 14.3 Å². The highest BCUT2D eigenvalue weighted by molar-refractivity contribution is 6.31. The van der Waals surface area contributed by atoms with Gasteiger partial charge in [0.25, 0.3) is 5.91 Å². The van der Waals surface area contributed by atoms with Gasteiger partial charge in [0.15, 0.2) is 0 Å². The lowest BCUT2D eigenvalue weighted by molar-refractivity contribution is -0.199. The minimum absolute atomic E-state index is 0.0104. The minimum atomic E-state index is -0.377. The van der Waals surface area contributed by atoms with E-state index < -0.39 is 0 Å². The van der Waals surface area contributed by atoms with Gasteiger partial charge in [0.05, 0.1) is 22.3 Å². The molecule has 9 heteroatoms. The number of aromatic nitrogens is 2. The molecule has 8 nitrogen and oxygen atoms in total. The largest absolute Gasteiger partial charge is 0.489 e. The van der Waals surface area contributed by atoms with Crippen molar-refractivity contribution in [2.24, 2.45) is 16.6 Å². The number of primary amides is 1. The standard InChI is InChI=1S/C31H30ClN5O3/c1-30(2)28(31(3,4)29(30)40-23-9-8-21(15-33)25(32)14-23)37-18-22-13-19(7-10-24(22)27(37)39)5-6-20-16-35-36(17-20)12-11-26(34)38/h7-10,13-14,16-17,28-29H,11-12,18H2,1-4H3,(H2,34,38)/t28-,29-. The number of hydrogen-bond donors (Lipinski definition) is 1. The maximum Gasteiger partial charge on any atom is 0.254 e. The molecule has 0 bridgehead atoms. The van der Waals surface area contributed by atoms with Crippen LogP contribution in [0.3, 0.4) is 0 Å². The average molecular weight is 556 g/mol. The fraction of sp³-hybridized carbons (Fsp3) is 0.355. The van der Waals surface area contributed by atoms with Crippen LogP contribution in [0.25, 0.3) is 0 Å². The van der Waals surface area contributed by atoms with Crippen LogP contribution in [0, 0.1) is 34.0 Å². The van der Waals surface area contributed by atoms with E-state index in [9.17, 15) is 9.59 Å². The van der Waals surface area contributed by atoms with Gasteiger partial charge < -0.3 is 15.4 Å². The van der Waals surface area contributed by atoms with E-state index in [1.54, 1.807) is 35.3 Å². The van der Waals surface area contributed by atoms with Crippen LogP contribution in [-0.4, -0.2) is 38.6 Å². The van der Waals surface area contributed by atoms with Gasteiger partial charge in [-0.1, -0.05) is 51.1 Å². The van der Waals surface area contributed by atoms with Crippen molar-refractivity contribution in [1.82, 2.24) is 14.7 Å². The lowest BCUT2D eigenvalue weighted by Gasteiger charge is -2.65. The number of ether oxygens (including phenoxy) is 1. The summed E-state index contributed by atoms with van der Waals surface area (Å²) in [5.41, 5.74) is 8.12. The average Bonchev–Trinajstić information content (AvgIpc) is 3.48. The first-order valence-corrected chi connectivity index (χ1v) is 13.4. The van der Waals surface area contributed by atoms with E-state index in [1.807, 2.05) is 23.1 Å². The molecule has 1 aliphatic carbocycles. The van der Waals surface area contributed by atoms with Crippen LogP contribution in [0.4, 0.5) is 0 Å². The first-order chi connectivity index (χ1) is 18.9. The van der Waals surface area contributed by atoms with Gasteiger partial charge in [0.1, 0.15) is 17.9 Å². The van der Waals surface area contributed by atoms with Crippen molar-refractivity contribution < 1.29 is 14.3 Å². The quantitative estimate of drug-likeness (QED) is 0.449. The summed E-state index contributed by atoms with van der Waals surface area (Å²) in [5.74, 6) is 6.50. The molecule has 5 rings (SSSR count). The molecule has 0 saturated heterocycles. The third-order valence-corrected chi connectivity index (χ3v) is 8.21. The van der Waals surface area contributed by atoms with Crippen molar-refractivity contribution in [2.45, 2.75) is 59.4 Å². The van der Waals surface area contributed by atoms with E-state index in [4.69, 9.17) is 27.3 Å². The molecule has 2 N–H and O–H groups in total. The van der Waals surface area contributed by atoms with Gasteiger partial charge in [0, 0.05) is 59.8 Å². The maximum atomic E-state index is 13.5. The highest BCUT2D eigenvalue weighted by Gasteiger charge is 2.66. The maximum absolute atomic E-state index is 13.5. The van der Waals surface area contributed by atoms with Crippen molar-refractivity contribution in [2.75, 3.05) is 0 Å². The molecule has 204 valence electrons. The van der Waals surface area contributed by atoms with Crippen molar-refractivity contribution >= 4 is 23.4 Å². The van der Waals surface area contributed by atoms with Gasteiger partial charge in [-0.05, 0) is 35.9 Å². The number of benzene rings is 2. The fourth-order valence-electron chi connectivity index (χ4n) is 6.56. The van der Waals surface area contributed by atoms with E-state index in [2.05, 4.69) is 50.7 Å². The zero-order valence-corrected chi connectivity index (χ0v) is 23.6. The topological polar surface area (TPSA) is 114 Å². The van der Waals surface area contributed by atoms with E-state index in [-0.39, 0.29) is 41.2 Å². The number of aryl methyl sites for hydroxylation is 1. The molecule has 1 aliphatic heterocycles. The summed E-state index contributed by atoms with van der Waals surface area (Å²) in [5, 5.41) is 13.7. The van der Waals surface area contributed by atoms with Gasteiger partial charge in [-0.25, -0.2) is 0 Å².